The summed E-state index contributed by atoms with van der Waals surface area (Å²) in [5.74, 6) is 0.619. The number of hydrogen-bond donors (Lipinski definition) is 1. The molecule has 1 amide bonds. The summed E-state index contributed by atoms with van der Waals surface area (Å²) in [6.07, 6.45) is -0.674. The molecule has 2 N–H and O–H groups in total. The van der Waals surface area contributed by atoms with Gasteiger partial charge < -0.3 is 15.4 Å². The number of nitro benzene ring substituents is 1. The lowest BCUT2D eigenvalue weighted by atomic mass is 10.2. The lowest BCUT2D eigenvalue weighted by Gasteiger charge is -2.32. The highest BCUT2D eigenvalue weighted by Crippen LogP contribution is 2.23. The van der Waals surface area contributed by atoms with Crippen LogP contribution >= 0.6 is 0 Å². The SMILES string of the molecule is Cc1cc(N2CCOC(C(N)=O)C2)nc(-c2ccc([N+](=O)[O-])cc2)n1. The molecule has 130 valence electrons. The Bertz CT molecular complexity index is 809. The van der Waals surface area contributed by atoms with Crippen molar-refractivity contribution in [3.63, 3.8) is 0 Å². The second kappa shape index (κ2) is 6.81. The van der Waals surface area contributed by atoms with Crippen molar-refractivity contribution in [3.05, 3.63) is 46.1 Å². The number of aryl methyl sites for hydroxylation is 1. The Kier molecular flexibility index (Phi) is 4.57. The van der Waals surface area contributed by atoms with E-state index in [4.69, 9.17) is 10.5 Å². The Balaban J connectivity index is 1.90. The molecule has 0 spiro atoms. The van der Waals surface area contributed by atoms with E-state index in [1.807, 2.05) is 17.9 Å². The highest BCUT2D eigenvalue weighted by Gasteiger charge is 2.26. The first-order valence-electron chi connectivity index (χ1n) is 7.70. The molecule has 1 atom stereocenters. The number of nitrogens with zero attached hydrogens (tertiary/aromatic N) is 4. The molecular formula is C16H17N5O4. The number of carbonyl (C=O) groups excluding carboxylic acids is 1. The van der Waals surface area contributed by atoms with Crippen LogP contribution in [-0.2, 0) is 9.53 Å². The lowest BCUT2D eigenvalue weighted by molar-refractivity contribution is -0.384. The summed E-state index contributed by atoms with van der Waals surface area (Å²) in [5.41, 5.74) is 6.75. The zero-order valence-electron chi connectivity index (χ0n) is 13.6. The van der Waals surface area contributed by atoms with Gasteiger partial charge in [0.2, 0.25) is 5.91 Å². The number of ether oxygens (including phenoxy) is 1. The number of aromatic nitrogens is 2. The Labute approximate surface area is 143 Å². The molecule has 9 heteroatoms. The van der Waals surface area contributed by atoms with Crippen molar-refractivity contribution in [3.8, 4) is 11.4 Å². The quantitative estimate of drug-likeness (QED) is 0.650. The third kappa shape index (κ3) is 3.72. The standard InChI is InChI=1S/C16H17N5O4/c1-10-8-14(20-6-7-25-13(9-20)15(17)22)19-16(18-10)11-2-4-12(5-3-11)21(23)24/h2-5,8,13H,6-7,9H2,1H3,(H2,17,22). The molecule has 1 aliphatic rings. The van der Waals surface area contributed by atoms with E-state index < -0.39 is 16.9 Å². The van der Waals surface area contributed by atoms with Gasteiger partial charge >= 0.3 is 0 Å². The minimum Gasteiger partial charge on any atom is -0.367 e. The van der Waals surface area contributed by atoms with E-state index >= 15 is 0 Å². The molecule has 1 unspecified atom stereocenters. The number of primary amides is 1. The van der Waals surface area contributed by atoms with Crippen molar-refractivity contribution in [1.82, 2.24) is 9.97 Å². The molecule has 1 aromatic heterocycles. The van der Waals surface area contributed by atoms with Crippen LogP contribution in [0.2, 0.25) is 0 Å². The van der Waals surface area contributed by atoms with Gasteiger partial charge in [0.05, 0.1) is 18.1 Å². The first-order chi connectivity index (χ1) is 11.9. The summed E-state index contributed by atoms with van der Waals surface area (Å²) >= 11 is 0. The molecule has 0 radical (unpaired) electrons. The number of hydrogen-bond acceptors (Lipinski definition) is 7. The van der Waals surface area contributed by atoms with E-state index in [1.165, 1.54) is 12.1 Å². The second-order valence-corrected chi connectivity index (χ2v) is 5.70. The van der Waals surface area contributed by atoms with Gasteiger partial charge in [-0.1, -0.05) is 0 Å². The first kappa shape index (κ1) is 16.8. The molecule has 1 fully saturated rings. The number of amides is 1. The number of nitro groups is 1. The summed E-state index contributed by atoms with van der Waals surface area (Å²) in [4.78, 5) is 32.5. The van der Waals surface area contributed by atoms with Gasteiger partial charge in [-0.25, -0.2) is 9.97 Å². The monoisotopic (exact) mass is 343 g/mol. The van der Waals surface area contributed by atoms with Crippen molar-refractivity contribution in [1.29, 1.82) is 0 Å². The number of anilines is 1. The van der Waals surface area contributed by atoms with Gasteiger partial charge in [0.1, 0.15) is 5.82 Å². The van der Waals surface area contributed by atoms with E-state index in [1.54, 1.807) is 12.1 Å². The summed E-state index contributed by atoms with van der Waals surface area (Å²) < 4.78 is 5.35. The molecule has 3 rings (SSSR count). The zero-order valence-corrected chi connectivity index (χ0v) is 13.6. The highest BCUT2D eigenvalue weighted by molar-refractivity contribution is 5.79. The van der Waals surface area contributed by atoms with Gasteiger partial charge in [0.15, 0.2) is 11.9 Å². The molecule has 0 aliphatic carbocycles. The lowest BCUT2D eigenvalue weighted by Crippen LogP contribution is -2.48. The minimum absolute atomic E-state index is 0.00843. The number of rotatable bonds is 4. The van der Waals surface area contributed by atoms with Gasteiger partial charge in [-0.05, 0) is 19.1 Å². The molecule has 2 aromatic rings. The molecule has 0 saturated carbocycles. The molecule has 9 nitrogen and oxygen atoms in total. The van der Waals surface area contributed by atoms with E-state index in [9.17, 15) is 14.9 Å². The Hall–Kier alpha value is -3.07. The molecule has 1 aliphatic heterocycles. The maximum absolute atomic E-state index is 11.4. The topological polar surface area (TPSA) is 124 Å². The summed E-state index contributed by atoms with van der Waals surface area (Å²) in [7, 11) is 0. The number of non-ortho nitro benzene ring substituents is 1. The largest absolute Gasteiger partial charge is 0.367 e. The smallest absolute Gasteiger partial charge is 0.269 e. The van der Waals surface area contributed by atoms with Crippen LogP contribution in [0.3, 0.4) is 0 Å². The van der Waals surface area contributed by atoms with E-state index in [0.29, 0.717) is 36.9 Å². The van der Waals surface area contributed by atoms with Crippen LogP contribution in [0.5, 0.6) is 0 Å². The van der Waals surface area contributed by atoms with E-state index in [0.717, 1.165) is 5.69 Å². The molecule has 1 saturated heterocycles. The molecule has 2 heterocycles. The fraction of sp³-hybridized carbons (Fsp3) is 0.312. The maximum atomic E-state index is 11.4. The summed E-state index contributed by atoms with van der Waals surface area (Å²) in [5, 5.41) is 10.8. The van der Waals surface area contributed by atoms with Gasteiger partial charge in [-0.3, -0.25) is 14.9 Å². The first-order valence-corrected chi connectivity index (χ1v) is 7.70. The van der Waals surface area contributed by atoms with Gasteiger partial charge in [-0.2, -0.15) is 0 Å². The van der Waals surface area contributed by atoms with Crippen LogP contribution in [-0.4, -0.2) is 46.6 Å². The van der Waals surface area contributed by atoms with Crippen molar-refractivity contribution in [2.24, 2.45) is 5.73 Å². The molecular weight excluding hydrogens is 326 g/mol. The van der Waals surface area contributed by atoms with Gasteiger partial charge in [0.25, 0.3) is 5.69 Å². The van der Waals surface area contributed by atoms with Crippen LogP contribution in [0.15, 0.2) is 30.3 Å². The van der Waals surface area contributed by atoms with Gasteiger partial charge in [0, 0.05) is 36.0 Å². The summed E-state index contributed by atoms with van der Waals surface area (Å²) in [6, 6.07) is 7.87. The third-order valence-electron chi connectivity index (χ3n) is 3.88. The number of nitrogens with two attached hydrogens (primary N) is 1. The predicted molar refractivity (Wildman–Crippen MR) is 90.0 cm³/mol. The van der Waals surface area contributed by atoms with Crippen LogP contribution in [0.1, 0.15) is 5.69 Å². The average Bonchev–Trinajstić information content (AvgIpc) is 2.61. The second-order valence-electron chi connectivity index (χ2n) is 5.70. The van der Waals surface area contributed by atoms with Crippen LogP contribution in [0.4, 0.5) is 11.5 Å². The Morgan fingerprint density at radius 2 is 2.08 bits per heavy atom. The van der Waals surface area contributed by atoms with Crippen LogP contribution < -0.4 is 10.6 Å². The number of carbonyl (C=O) groups is 1. The number of morpholine rings is 1. The highest BCUT2D eigenvalue weighted by atomic mass is 16.6. The van der Waals surface area contributed by atoms with E-state index in [-0.39, 0.29) is 5.69 Å². The minimum atomic E-state index is -0.674. The Morgan fingerprint density at radius 1 is 1.36 bits per heavy atom. The number of benzene rings is 1. The normalized spacial score (nSPS) is 17.3. The molecule has 0 bridgehead atoms. The van der Waals surface area contributed by atoms with Crippen LogP contribution in [0, 0.1) is 17.0 Å². The zero-order chi connectivity index (χ0) is 18.0. The van der Waals surface area contributed by atoms with Crippen molar-refractivity contribution < 1.29 is 14.5 Å². The van der Waals surface area contributed by atoms with Crippen LogP contribution in [0.25, 0.3) is 11.4 Å². The van der Waals surface area contributed by atoms with Crippen molar-refractivity contribution in [2.45, 2.75) is 13.0 Å². The van der Waals surface area contributed by atoms with Gasteiger partial charge in [-0.15, -0.1) is 0 Å². The molecule has 25 heavy (non-hydrogen) atoms. The Morgan fingerprint density at radius 3 is 2.72 bits per heavy atom. The third-order valence-corrected chi connectivity index (χ3v) is 3.88. The summed E-state index contributed by atoms with van der Waals surface area (Å²) in [6.45, 7) is 3.13. The predicted octanol–water partition coefficient (Wildman–Crippen LogP) is 1.05. The fourth-order valence-corrected chi connectivity index (χ4v) is 2.60. The fourth-order valence-electron chi connectivity index (χ4n) is 2.60. The van der Waals surface area contributed by atoms with Crippen molar-refractivity contribution >= 4 is 17.4 Å². The van der Waals surface area contributed by atoms with E-state index in [2.05, 4.69) is 9.97 Å². The average molecular weight is 343 g/mol. The molecule has 1 aromatic carbocycles. The van der Waals surface area contributed by atoms with Crippen molar-refractivity contribution in [2.75, 3.05) is 24.6 Å². The maximum Gasteiger partial charge on any atom is 0.269 e.